The zero-order valence-electron chi connectivity index (χ0n) is 10.6. The van der Waals surface area contributed by atoms with Crippen LogP contribution >= 0.6 is 34.2 Å². The van der Waals surface area contributed by atoms with Gasteiger partial charge in [0.2, 0.25) is 0 Å². The Bertz CT molecular complexity index is 220. The molecule has 0 aliphatic carbocycles. The number of unbranched alkanes of at least 4 members (excludes halogenated alkanes) is 1. The Labute approximate surface area is 118 Å². The molecule has 0 N–H and O–H groups in total. The van der Waals surface area contributed by atoms with Gasteiger partial charge in [0.1, 0.15) is 0 Å². The summed E-state index contributed by atoms with van der Waals surface area (Å²) in [6, 6.07) is 0. The van der Waals surface area contributed by atoms with E-state index in [-0.39, 0.29) is 18.3 Å². The summed E-state index contributed by atoms with van der Waals surface area (Å²) >= 11 is 8.09. The van der Waals surface area contributed by atoms with E-state index < -0.39 is 0 Å². The van der Waals surface area contributed by atoms with E-state index in [0.29, 0.717) is 3.82 Å². The summed E-state index contributed by atoms with van der Waals surface area (Å²) in [6.45, 7) is 8.37. The summed E-state index contributed by atoms with van der Waals surface area (Å²) in [5.41, 5.74) is -0.429. The maximum Gasteiger partial charge on any atom is 0.471 e. The molecule has 5 heteroatoms. The molecule has 0 aromatic heterocycles. The molecule has 0 amide bonds. The molecule has 1 fully saturated rings. The standard InChI is InChI=1S/C11H21BClIO2/c1-10(2)11(3,4)16-12(15-10)9(14)7-5-6-8-13/h9H,5-8H2,1-4H3. The summed E-state index contributed by atoms with van der Waals surface area (Å²) in [5.74, 6) is 0.743. The lowest BCUT2D eigenvalue weighted by atomic mass is 9.82. The fraction of sp³-hybridized carbons (Fsp3) is 1.00. The minimum Gasteiger partial charge on any atom is -0.403 e. The van der Waals surface area contributed by atoms with Gasteiger partial charge in [-0.3, -0.25) is 0 Å². The monoisotopic (exact) mass is 358 g/mol. The van der Waals surface area contributed by atoms with Gasteiger partial charge in [0.05, 0.1) is 11.2 Å². The summed E-state index contributed by atoms with van der Waals surface area (Å²) < 4.78 is 12.4. The van der Waals surface area contributed by atoms with Crippen LogP contribution in [0.25, 0.3) is 0 Å². The van der Waals surface area contributed by atoms with Gasteiger partial charge in [0, 0.05) is 9.70 Å². The van der Waals surface area contributed by atoms with Gasteiger partial charge in [-0.1, -0.05) is 29.0 Å². The van der Waals surface area contributed by atoms with Crippen molar-refractivity contribution in [1.29, 1.82) is 0 Å². The first-order valence-electron chi connectivity index (χ1n) is 5.86. The minimum absolute atomic E-state index is 0.0825. The Morgan fingerprint density at radius 2 is 1.62 bits per heavy atom. The van der Waals surface area contributed by atoms with Crippen molar-refractivity contribution in [2.24, 2.45) is 0 Å². The summed E-state index contributed by atoms with van der Waals surface area (Å²) in [6.07, 6.45) is 3.31. The van der Waals surface area contributed by atoms with Crippen molar-refractivity contribution in [1.82, 2.24) is 0 Å². The van der Waals surface area contributed by atoms with Gasteiger partial charge in [-0.15, -0.1) is 11.6 Å². The molecule has 16 heavy (non-hydrogen) atoms. The Balaban J connectivity index is 2.46. The molecule has 0 spiro atoms. The van der Waals surface area contributed by atoms with Crippen molar-refractivity contribution in [3.8, 4) is 0 Å². The van der Waals surface area contributed by atoms with Gasteiger partial charge >= 0.3 is 7.12 Å². The van der Waals surface area contributed by atoms with Gasteiger partial charge < -0.3 is 9.31 Å². The molecule has 1 unspecified atom stereocenters. The fourth-order valence-corrected chi connectivity index (χ4v) is 2.53. The van der Waals surface area contributed by atoms with Crippen LogP contribution in [-0.2, 0) is 9.31 Å². The molecular weight excluding hydrogens is 337 g/mol. The van der Waals surface area contributed by atoms with Crippen molar-refractivity contribution < 1.29 is 9.31 Å². The Hall–Kier alpha value is 1.00. The van der Waals surface area contributed by atoms with Gasteiger partial charge in [0.15, 0.2) is 0 Å². The van der Waals surface area contributed by atoms with Crippen LogP contribution in [0.5, 0.6) is 0 Å². The first-order chi connectivity index (χ1) is 7.30. The highest BCUT2D eigenvalue weighted by Gasteiger charge is 2.53. The van der Waals surface area contributed by atoms with Crippen LogP contribution in [0.2, 0.25) is 0 Å². The lowest BCUT2D eigenvalue weighted by Crippen LogP contribution is -2.41. The zero-order valence-corrected chi connectivity index (χ0v) is 13.5. The Morgan fingerprint density at radius 3 is 2.06 bits per heavy atom. The van der Waals surface area contributed by atoms with Crippen LogP contribution in [0, 0.1) is 0 Å². The lowest BCUT2D eigenvalue weighted by molar-refractivity contribution is 0.00578. The van der Waals surface area contributed by atoms with Crippen LogP contribution < -0.4 is 0 Å². The summed E-state index contributed by atoms with van der Waals surface area (Å²) in [4.78, 5) is 0. The van der Waals surface area contributed by atoms with Crippen molar-refractivity contribution in [2.45, 2.75) is 62.0 Å². The van der Waals surface area contributed by atoms with E-state index in [4.69, 9.17) is 20.9 Å². The predicted molar refractivity (Wildman–Crippen MR) is 78.5 cm³/mol. The Morgan fingerprint density at radius 1 is 1.12 bits per heavy atom. The van der Waals surface area contributed by atoms with Crippen LogP contribution in [0.3, 0.4) is 0 Å². The smallest absolute Gasteiger partial charge is 0.403 e. The minimum atomic E-state index is -0.215. The number of rotatable bonds is 5. The molecule has 0 bridgehead atoms. The van der Waals surface area contributed by atoms with E-state index in [2.05, 4.69) is 50.3 Å². The zero-order chi connectivity index (χ0) is 12.4. The molecule has 1 atom stereocenters. The normalized spacial score (nSPS) is 24.8. The molecule has 2 nitrogen and oxygen atoms in total. The van der Waals surface area contributed by atoms with E-state index in [0.717, 1.165) is 25.1 Å². The number of halogens is 2. The maximum absolute atomic E-state index is 5.99. The molecule has 1 rings (SSSR count). The Kier molecular flexibility index (Phi) is 5.43. The van der Waals surface area contributed by atoms with Crippen molar-refractivity contribution >= 4 is 41.3 Å². The molecule has 0 aromatic carbocycles. The predicted octanol–water partition coefficient (Wildman–Crippen LogP) is 3.83. The van der Waals surface area contributed by atoms with Gasteiger partial charge in [-0.2, -0.15) is 0 Å². The first-order valence-corrected chi connectivity index (χ1v) is 7.64. The highest BCUT2D eigenvalue weighted by atomic mass is 127. The highest BCUT2D eigenvalue weighted by Crippen LogP contribution is 2.39. The average molecular weight is 358 g/mol. The van der Waals surface area contributed by atoms with E-state index in [1.165, 1.54) is 0 Å². The largest absolute Gasteiger partial charge is 0.471 e. The third-order valence-corrected chi connectivity index (χ3v) is 4.91. The second kappa shape index (κ2) is 5.76. The molecule has 94 valence electrons. The van der Waals surface area contributed by atoms with Crippen LogP contribution in [0.4, 0.5) is 0 Å². The van der Waals surface area contributed by atoms with E-state index >= 15 is 0 Å². The average Bonchev–Trinajstić information content (AvgIpc) is 2.36. The first kappa shape index (κ1) is 15.1. The van der Waals surface area contributed by atoms with Crippen molar-refractivity contribution in [2.75, 3.05) is 5.88 Å². The van der Waals surface area contributed by atoms with Crippen LogP contribution in [0.15, 0.2) is 0 Å². The lowest BCUT2D eigenvalue weighted by Gasteiger charge is -2.32. The molecule has 0 saturated carbocycles. The van der Waals surface area contributed by atoms with E-state index in [1.807, 2.05) is 0 Å². The van der Waals surface area contributed by atoms with Crippen LogP contribution in [-0.4, -0.2) is 28.0 Å². The third kappa shape index (κ3) is 3.50. The molecule has 0 radical (unpaired) electrons. The maximum atomic E-state index is 5.99. The number of alkyl halides is 2. The summed E-state index contributed by atoms with van der Waals surface area (Å²) in [7, 11) is -0.0825. The van der Waals surface area contributed by atoms with Crippen LogP contribution in [0.1, 0.15) is 47.0 Å². The van der Waals surface area contributed by atoms with Gasteiger partial charge in [0.25, 0.3) is 0 Å². The third-order valence-electron chi connectivity index (χ3n) is 3.43. The van der Waals surface area contributed by atoms with E-state index in [9.17, 15) is 0 Å². The fourth-order valence-electron chi connectivity index (χ4n) is 1.61. The molecular formula is C11H21BClIO2. The molecule has 1 aliphatic rings. The molecule has 0 aromatic rings. The number of hydrogen-bond donors (Lipinski definition) is 0. The summed E-state index contributed by atoms with van der Waals surface area (Å²) in [5, 5.41) is 0. The van der Waals surface area contributed by atoms with Gasteiger partial charge in [-0.05, 0) is 40.5 Å². The molecule has 1 saturated heterocycles. The molecule has 1 heterocycles. The van der Waals surface area contributed by atoms with E-state index in [1.54, 1.807) is 0 Å². The SMILES string of the molecule is CC1(C)OB(C(I)CCCCCl)OC1(C)C. The topological polar surface area (TPSA) is 18.5 Å². The number of hydrogen-bond acceptors (Lipinski definition) is 2. The van der Waals surface area contributed by atoms with Gasteiger partial charge in [-0.25, -0.2) is 0 Å². The van der Waals surface area contributed by atoms with Crippen molar-refractivity contribution in [3.05, 3.63) is 0 Å². The second-order valence-electron chi connectivity index (χ2n) is 5.33. The van der Waals surface area contributed by atoms with Crippen molar-refractivity contribution in [3.63, 3.8) is 0 Å². The molecule has 1 aliphatic heterocycles. The highest BCUT2D eigenvalue weighted by molar-refractivity contribution is 14.1. The quantitative estimate of drug-likeness (QED) is 0.322. The second-order valence-corrected chi connectivity index (χ2v) is 7.30.